The van der Waals surface area contributed by atoms with Crippen molar-refractivity contribution in [3.05, 3.63) is 29.3 Å². The molecule has 0 aliphatic carbocycles. The third-order valence-corrected chi connectivity index (χ3v) is 4.25. The molecule has 0 aromatic heterocycles. The summed E-state index contributed by atoms with van der Waals surface area (Å²) in [5, 5.41) is 0.812. The third kappa shape index (κ3) is 3.80. The van der Waals surface area contributed by atoms with E-state index in [2.05, 4.69) is 28.9 Å². The van der Waals surface area contributed by atoms with E-state index < -0.39 is 0 Å². The van der Waals surface area contributed by atoms with Crippen molar-refractivity contribution in [2.45, 2.75) is 6.92 Å². The van der Waals surface area contributed by atoms with Crippen LogP contribution in [0.5, 0.6) is 0 Å². The van der Waals surface area contributed by atoms with Gasteiger partial charge in [-0.3, -0.25) is 4.90 Å². The number of anilines is 1. The molecular formula is C13H19ClN2S. The van der Waals surface area contributed by atoms with Crippen molar-refractivity contribution in [1.82, 2.24) is 4.90 Å². The first kappa shape index (κ1) is 13.1. The summed E-state index contributed by atoms with van der Waals surface area (Å²) in [4.78, 5) is 4.96. The van der Waals surface area contributed by atoms with Gasteiger partial charge < -0.3 is 4.90 Å². The number of halogens is 1. The Bertz CT molecular complexity index is 334. The Balaban J connectivity index is 1.84. The van der Waals surface area contributed by atoms with Gasteiger partial charge in [-0.05, 0) is 30.0 Å². The summed E-state index contributed by atoms with van der Waals surface area (Å²) in [6, 6.07) is 8.16. The van der Waals surface area contributed by atoms with Crippen LogP contribution in [0.15, 0.2) is 24.3 Å². The molecule has 1 aromatic carbocycles. The smallest absolute Gasteiger partial charge is 0.0445 e. The molecule has 0 radical (unpaired) electrons. The van der Waals surface area contributed by atoms with Crippen molar-refractivity contribution in [2.24, 2.45) is 0 Å². The minimum atomic E-state index is 0.812. The minimum Gasteiger partial charge on any atom is -0.369 e. The number of benzene rings is 1. The van der Waals surface area contributed by atoms with Gasteiger partial charge in [0.25, 0.3) is 0 Å². The van der Waals surface area contributed by atoms with Crippen molar-refractivity contribution >= 4 is 29.1 Å². The average molecular weight is 271 g/mol. The zero-order chi connectivity index (χ0) is 12.1. The van der Waals surface area contributed by atoms with Gasteiger partial charge in [-0.1, -0.05) is 18.5 Å². The number of hydrogen-bond acceptors (Lipinski definition) is 3. The van der Waals surface area contributed by atoms with Crippen molar-refractivity contribution in [3.8, 4) is 0 Å². The largest absolute Gasteiger partial charge is 0.369 e. The summed E-state index contributed by atoms with van der Waals surface area (Å²) in [5.41, 5.74) is 1.29. The minimum absolute atomic E-state index is 0.812. The van der Waals surface area contributed by atoms with E-state index in [0.29, 0.717) is 0 Å². The molecule has 0 spiro atoms. The van der Waals surface area contributed by atoms with E-state index in [4.69, 9.17) is 11.6 Å². The first-order valence-electron chi connectivity index (χ1n) is 6.10. The normalized spacial score (nSPS) is 17.4. The first-order chi connectivity index (χ1) is 8.29. The fraction of sp³-hybridized carbons (Fsp3) is 0.538. The zero-order valence-electron chi connectivity index (χ0n) is 10.2. The SMILES string of the molecule is CCSCN1CCN(c2ccc(Cl)cc2)CC1. The predicted molar refractivity (Wildman–Crippen MR) is 78.2 cm³/mol. The number of rotatable bonds is 4. The molecule has 0 unspecified atom stereocenters. The van der Waals surface area contributed by atoms with E-state index >= 15 is 0 Å². The van der Waals surface area contributed by atoms with Crippen LogP contribution >= 0.6 is 23.4 Å². The molecule has 0 amide bonds. The molecule has 0 N–H and O–H groups in total. The number of thioether (sulfide) groups is 1. The Morgan fingerprint density at radius 1 is 1.12 bits per heavy atom. The van der Waals surface area contributed by atoms with E-state index in [9.17, 15) is 0 Å². The Morgan fingerprint density at radius 2 is 1.76 bits per heavy atom. The van der Waals surface area contributed by atoms with Crippen LogP contribution in [0.4, 0.5) is 5.69 Å². The fourth-order valence-corrected chi connectivity index (χ4v) is 2.83. The Hall–Kier alpha value is -0.380. The van der Waals surface area contributed by atoms with Crippen LogP contribution in [0.3, 0.4) is 0 Å². The second-order valence-corrected chi connectivity index (χ2v) is 5.88. The molecule has 17 heavy (non-hydrogen) atoms. The lowest BCUT2D eigenvalue weighted by Gasteiger charge is -2.35. The Morgan fingerprint density at radius 3 is 2.35 bits per heavy atom. The van der Waals surface area contributed by atoms with Gasteiger partial charge >= 0.3 is 0 Å². The molecule has 0 saturated carbocycles. The Kier molecular flexibility index (Phi) is 5.01. The maximum atomic E-state index is 5.90. The quantitative estimate of drug-likeness (QED) is 0.830. The highest BCUT2D eigenvalue weighted by molar-refractivity contribution is 7.99. The molecule has 4 heteroatoms. The van der Waals surface area contributed by atoms with E-state index in [1.54, 1.807) is 0 Å². The van der Waals surface area contributed by atoms with Crippen LogP contribution in [-0.2, 0) is 0 Å². The maximum Gasteiger partial charge on any atom is 0.0445 e. The van der Waals surface area contributed by atoms with Gasteiger partial charge in [-0.15, -0.1) is 11.8 Å². The van der Waals surface area contributed by atoms with Gasteiger partial charge in [0.2, 0.25) is 0 Å². The molecule has 0 atom stereocenters. The molecule has 1 fully saturated rings. The molecule has 1 aliphatic heterocycles. The van der Waals surface area contributed by atoms with Gasteiger partial charge in [0.05, 0.1) is 0 Å². The van der Waals surface area contributed by atoms with Gasteiger partial charge in [-0.2, -0.15) is 0 Å². The van der Waals surface area contributed by atoms with E-state index in [1.807, 2.05) is 23.9 Å². The van der Waals surface area contributed by atoms with Crippen LogP contribution in [0.2, 0.25) is 5.02 Å². The summed E-state index contributed by atoms with van der Waals surface area (Å²) in [7, 11) is 0. The number of hydrogen-bond donors (Lipinski definition) is 0. The molecular weight excluding hydrogens is 252 g/mol. The van der Waals surface area contributed by atoms with Gasteiger partial charge in [-0.25, -0.2) is 0 Å². The summed E-state index contributed by atoms with van der Waals surface area (Å²) in [6.45, 7) is 6.78. The second-order valence-electron chi connectivity index (χ2n) is 4.20. The molecule has 94 valence electrons. The van der Waals surface area contributed by atoms with Crippen LogP contribution in [-0.4, -0.2) is 42.7 Å². The van der Waals surface area contributed by atoms with Crippen molar-refractivity contribution < 1.29 is 0 Å². The standard InChI is InChI=1S/C13H19ClN2S/c1-2-17-11-15-7-9-16(10-8-15)13-5-3-12(14)4-6-13/h3-6H,2,7-11H2,1H3. The van der Waals surface area contributed by atoms with Crippen LogP contribution in [0, 0.1) is 0 Å². The first-order valence-corrected chi connectivity index (χ1v) is 7.63. The van der Waals surface area contributed by atoms with Crippen LogP contribution in [0.1, 0.15) is 6.92 Å². The predicted octanol–water partition coefficient (Wildman–Crippen LogP) is 3.17. The summed E-state index contributed by atoms with van der Waals surface area (Å²) in [5.74, 6) is 2.38. The van der Waals surface area contributed by atoms with Gasteiger partial charge in [0.15, 0.2) is 0 Å². The number of nitrogens with zero attached hydrogens (tertiary/aromatic N) is 2. The highest BCUT2D eigenvalue weighted by atomic mass is 35.5. The van der Waals surface area contributed by atoms with Gasteiger partial charge in [0.1, 0.15) is 0 Å². The molecule has 1 heterocycles. The molecule has 1 aromatic rings. The molecule has 2 nitrogen and oxygen atoms in total. The molecule has 1 aliphatic rings. The van der Waals surface area contributed by atoms with E-state index in [-0.39, 0.29) is 0 Å². The van der Waals surface area contributed by atoms with E-state index in [1.165, 1.54) is 17.3 Å². The highest BCUT2D eigenvalue weighted by Gasteiger charge is 2.16. The van der Waals surface area contributed by atoms with Gasteiger partial charge in [0, 0.05) is 42.8 Å². The van der Waals surface area contributed by atoms with E-state index in [0.717, 1.165) is 31.2 Å². The van der Waals surface area contributed by atoms with Crippen LogP contribution < -0.4 is 4.90 Å². The zero-order valence-corrected chi connectivity index (χ0v) is 11.8. The lowest BCUT2D eigenvalue weighted by molar-refractivity contribution is 0.301. The summed E-state index contributed by atoms with van der Waals surface area (Å²) >= 11 is 7.91. The molecule has 0 bridgehead atoms. The molecule has 2 rings (SSSR count). The topological polar surface area (TPSA) is 6.48 Å². The van der Waals surface area contributed by atoms with Crippen molar-refractivity contribution in [3.63, 3.8) is 0 Å². The average Bonchev–Trinajstić information content (AvgIpc) is 2.38. The van der Waals surface area contributed by atoms with Crippen molar-refractivity contribution in [2.75, 3.05) is 42.7 Å². The number of piperazine rings is 1. The monoisotopic (exact) mass is 270 g/mol. The summed E-state index contributed by atoms with van der Waals surface area (Å²) in [6.07, 6.45) is 0. The lowest BCUT2D eigenvalue weighted by atomic mass is 10.2. The second kappa shape index (κ2) is 6.53. The summed E-state index contributed by atoms with van der Waals surface area (Å²) < 4.78 is 0. The van der Waals surface area contributed by atoms with Crippen LogP contribution in [0.25, 0.3) is 0 Å². The van der Waals surface area contributed by atoms with Crippen molar-refractivity contribution in [1.29, 1.82) is 0 Å². The molecule has 1 saturated heterocycles. The fourth-order valence-electron chi connectivity index (χ4n) is 2.01. The third-order valence-electron chi connectivity index (χ3n) is 3.04. The highest BCUT2D eigenvalue weighted by Crippen LogP contribution is 2.19. The maximum absolute atomic E-state index is 5.90. The Labute approximate surface area is 113 Å². The lowest BCUT2D eigenvalue weighted by Crippen LogP contribution is -2.46.